The van der Waals surface area contributed by atoms with Gasteiger partial charge in [-0.05, 0) is 55.7 Å². The molecule has 0 spiro atoms. The number of nitrogens with zero attached hydrogens (tertiary/aromatic N) is 2. The van der Waals surface area contributed by atoms with Crippen LogP contribution in [0.15, 0.2) is 65.7 Å². The van der Waals surface area contributed by atoms with Crippen LogP contribution < -0.4 is 5.32 Å². The molecule has 0 radical (unpaired) electrons. The Bertz CT molecular complexity index is 1390. The number of anilines is 1. The molecule has 1 atom stereocenters. The SMILES string of the molecule is Cc1ccc(CN2C(=O)C(CC(=O)Nc3cc(C(F)(F)F)ccc3Cl)SC2=Nc2c(C)cccc2C)cc1. The normalized spacial score (nSPS) is 16.8. The summed E-state index contributed by atoms with van der Waals surface area (Å²) in [7, 11) is 0. The second-order valence-electron chi connectivity index (χ2n) is 9.10. The Kier molecular flexibility index (Phi) is 8.18. The number of carbonyl (C=O) groups excluding carboxylic acids is 2. The van der Waals surface area contributed by atoms with Crippen LogP contribution in [-0.4, -0.2) is 27.1 Å². The third-order valence-corrected chi connectivity index (χ3v) is 7.57. The number of nitrogens with one attached hydrogen (secondary N) is 1. The number of hydrogen-bond donors (Lipinski definition) is 1. The van der Waals surface area contributed by atoms with Crippen LogP contribution in [0.1, 0.15) is 34.2 Å². The van der Waals surface area contributed by atoms with Crippen LogP contribution in [0.4, 0.5) is 24.5 Å². The summed E-state index contributed by atoms with van der Waals surface area (Å²) in [4.78, 5) is 32.6. The van der Waals surface area contributed by atoms with Gasteiger partial charge in [0.05, 0.1) is 28.5 Å². The van der Waals surface area contributed by atoms with Gasteiger partial charge < -0.3 is 5.32 Å². The van der Waals surface area contributed by atoms with E-state index in [0.717, 1.165) is 57.9 Å². The molecule has 3 aromatic carbocycles. The average Bonchev–Trinajstić information content (AvgIpc) is 3.12. The third-order valence-electron chi connectivity index (χ3n) is 6.07. The first-order valence-corrected chi connectivity index (χ1v) is 13.0. The van der Waals surface area contributed by atoms with E-state index in [4.69, 9.17) is 16.6 Å². The minimum atomic E-state index is -4.59. The summed E-state index contributed by atoms with van der Waals surface area (Å²) in [6.45, 7) is 6.11. The van der Waals surface area contributed by atoms with Crippen LogP contribution in [0.2, 0.25) is 5.02 Å². The lowest BCUT2D eigenvalue weighted by atomic mass is 10.1. The summed E-state index contributed by atoms with van der Waals surface area (Å²) in [5, 5.41) is 2.06. The molecular formula is C28H25ClF3N3O2S. The van der Waals surface area contributed by atoms with Crippen LogP contribution >= 0.6 is 23.4 Å². The fourth-order valence-electron chi connectivity index (χ4n) is 3.99. The maximum atomic E-state index is 13.5. The Hall–Kier alpha value is -3.30. The zero-order valence-corrected chi connectivity index (χ0v) is 22.5. The molecule has 10 heteroatoms. The molecule has 1 fully saturated rings. The molecule has 1 unspecified atom stereocenters. The first kappa shape index (κ1) is 27.7. The van der Waals surface area contributed by atoms with Crippen molar-refractivity contribution in [1.29, 1.82) is 0 Å². The highest BCUT2D eigenvalue weighted by molar-refractivity contribution is 8.15. The number of halogens is 4. The van der Waals surface area contributed by atoms with Gasteiger partial charge in [-0.15, -0.1) is 0 Å². The number of rotatable bonds is 6. The predicted octanol–water partition coefficient (Wildman–Crippen LogP) is 7.44. The average molecular weight is 560 g/mol. The van der Waals surface area contributed by atoms with Gasteiger partial charge in [0.2, 0.25) is 11.8 Å². The minimum Gasteiger partial charge on any atom is -0.325 e. The number of thioether (sulfide) groups is 1. The highest BCUT2D eigenvalue weighted by Gasteiger charge is 2.39. The summed E-state index contributed by atoms with van der Waals surface area (Å²) in [6.07, 6.45) is -4.84. The zero-order valence-electron chi connectivity index (χ0n) is 20.9. The molecule has 1 heterocycles. The smallest absolute Gasteiger partial charge is 0.325 e. The lowest BCUT2D eigenvalue weighted by molar-refractivity contribution is -0.137. The van der Waals surface area contributed by atoms with Crippen LogP contribution in [0.3, 0.4) is 0 Å². The standard InChI is InChI=1S/C28H25ClF3N3O2S/c1-16-7-9-19(10-8-16)15-35-26(37)23(38-27(35)34-25-17(2)5-4-6-18(25)3)14-24(36)33-22-13-20(28(30,31)32)11-12-21(22)29/h4-13,23H,14-15H2,1-3H3,(H,33,36). The molecule has 0 aromatic heterocycles. The number of amidine groups is 1. The second kappa shape index (κ2) is 11.2. The maximum Gasteiger partial charge on any atom is 0.416 e. The van der Waals surface area contributed by atoms with Gasteiger partial charge in [-0.2, -0.15) is 13.2 Å². The van der Waals surface area contributed by atoms with Gasteiger partial charge in [0, 0.05) is 6.42 Å². The molecule has 0 aliphatic carbocycles. The van der Waals surface area contributed by atoms with E-state index >= 15 is 0 Å². The Morgan fingerprint density at radius 2 is 1.71 bits per heavy atom. The number of para-hydroxylation sites is 1. The molecule has 38 heavy (non-hydrogen) atoms. The van der Waals surface area contributed by atoms with Crippen LogP contribution in [-0.2, 0) is 22.3 Å². The Labute approximate surface area is 228 Å². The van der Waals surface area contributed by atoms with E-state index in [1.807, 2.05) is 63.2 Å². The fourth-order valence-corrected chi connectivity index (χ4v) is 5.30. The van der Waals surface area contributed by atoms with E-state index in [0.29, 0.717) is 5.17 Å². The highest BCUT2D eigenvalue weighted by Crippen LogP contribution is 2.36. The van der Waals surface area contributed by atoms with Crippen molar-refractivity contribution in [2.24, 2.45) is 4.99 Å². The van der Waals surface area contributed by atoms with E-state index in [9.17, 15) is 22.8 Å². The molecule has 4 rings (SSSR count). The van der Waals surface area contributed by atoms with Gasteiger partial charge in [-0.1, -0.05) is 71.4 Å². The first-order valence-electron chi connectivity index (χ1n) is 11.8. The predicted molar refractivity (Wildman–Crippen MR) is 146 cm³/mol. The van der Waals surface area contributed by atoms with Crippen molar-refractivity contribution < 1.29 is 22.8 Å². The van der Waals surface area contributed by atoms with Gasteiger partial charge in [-0.25, -0.2) is 4.99 Å². The molecule has 1 aliphatic rings. The summed E-state index contributed by atoms with van der Waals surface area (Å²) < 4.78 is 39.3. The topological polar surface area (TPSA) is 61.8 Å². The summed E-state index contributed by atoms with van der Waals surface area (Å²) >= 11 is 7.19. The number of aliphatic imine (C=N–C) groups is 1. The van der Waals surface area contributed by atoms with Gasteiger partial charge in [0.25, 0.3) is 0 Å². The molecule has 198 valence electrons. The van der Waals surface area contributed by atoms with E-state index in [1.54, 1.807) is 4.90 Å². The monoisotopic (exact) mass is 559 g/mol. The van der Waals surface area contributed by atoms with Crippen molar-refractivity contribution in [3.8, 4) is 0 Å². The molecule has 0 bridgehead atoms. The lowest BCUT2D eigenvalue weighted by Crippen LogP contribution is -2.33. The van der Waals surface area contributed by atoms with Crippen molar-refractivity contribution in [2.75, 3.05) is 5.32 Å². The van der Waals surface area contributed by atoms with Crippen molar-refractivity contribution in [1.82, 2.24) is 4.90 Å². The third kappa shape index (κ3) is 6.39. The number of benzene rings is 3. The van der Waals surface area contributed by atoms with E-state index < -0.39 is 22.9 Å². The van der Waals surface area contributed by atoms with Gasteiger partial charge >= 0.3 is 6.18 Å². The Morgan fingerprint density at radius 1 is 1.05 bits per heavy atom. The van der Waals surface area contributed by atoms with Crippen molar-refractivity contribution in [3.63, 3.8) is 0 Å². The fraction of sp³-hybridized carbons (Fsp3) is 0.250. The summed E-state index contributed by atoms with van der Waals surface area (Å²) in [6, 6.07) is 16.3. The molecule has 1 N–H and O–H groups in total. The zero-order chi connectivity index (χ0) is 27.6. The highest BCUT2D eigenvalue weighted by atomic mass is 35.5. The maximum absolute atomic E-state index is 13.5. The van der Waals surface area contributed by atoms with Gasteiger partial charge in [0.15, 0.2) is 5.17 Å². The minimum absolute atomic E-state index is 0.0324. The quantitative estimate of drug-likeness (QED) is 0.341. The van der Waals surface area contributed by atoms with Crippen LogP contribution in [0.5, 0.6) is 0 Å². The van der Waals surface area contributed by atoms with E-state index in [1.165, 1.54) is 0 Å². The Morgan fingerprint density at radius 3 is 2.34 bits per heavy atom. The lowest BCUT2D eigenvalue weighted by Gasteiger charge is -2.17. The van der Waals surface area contributed by atoms with Crippen LogP contribution in [0, 0.1) is 20.8 Å². The van der Waals surface area contributed by atoms with Crippen LogP contribution in [0.25, 0.3) is 0 Å². The second-order valence-corrected chi connectivity index (χ2v) is 10.7. The number of aryl methyl sites for hydroxylation is 3. The molecule has 1 aliphatic heterocycles. The number of hydrogen-bond acceptors (Lipinski definition) is 4. The largest absolute Gasteiger partial charge is 0.416 e. The number of carbonyl (C=O) groups is 2. The molecule has 3 aromatic rings. The molecule has 1 saturated heterocycles. The molecule has 5 nitrogen and oxygen atoms in total. The van der Waals surface area contributed by atoms with E-state index in [2.05, 4.69) is 5.32 Å². The number of amides is 2. The molecule has 2 amide bonds. The molecule has 0 saturated carbocycles. The summed E-state index contributed by atoms with van der Waals surface area (Å²) in [5.41, 5.74) is 3.53. The van der Waals surface area contributed by atoms with Crippen molar-refractivity contribution in [2.45, 2.75) is 45.2 Å². The van der Waals surface area contributed by atoms with Crippen molar-refractivity contribution >= 4 is 51.7 Å². The van der Waals surface area contributed by atoms with Gasteiger partial charge in [0.1, 0.15) is 5.25 Å². The molecular weight excluding hydrogens is 535 g/mol. The summed E-state index contributed by atoms with van der Waals surface area (Å²) in [5.74, 6) is -0.925. The Balaban J connectivity index is 1.59. The first-order chi connectivity index (χ1) is 17.9. The van der Waals surface area contributed by atoms with Crippen molar-refractivity contribution in [3.05, 3.63) is 93.5 Å². The van der Waals surface area contributed by atoms with Gasteiger partial charge in [-0.3, -0.25) is 14.5 Å². The van der Waals surface area contributed by atoms with E-state index in [-0.39, 0.29) is 29.6 Å². The number of alkyl halides is 3.